The van der Waals surface area contributed by atoms with Crippen molar-refractivity contribution in [2.45, 2.75) is 6.42 Å². The van der Waals surface area contributed by atoms with Crippen molar-refractivity contribution in [2.75, 3.05) is 50.0 Å². The molecule has 1 aromatic carbocycles. The Morgan fingerprint density at radius 1 is 1.09 bits per heavy atom. The van der Waals surface area contributed by atoms with Crippen LogP contribution < -0.4 is 15.5 Å². The van der Waals surface area contributed by atoms with E-state index in [9.17, 15) is 9.90 Å². The first-order valence-electron chi connectivity index (χ1n) is 10.8. The molecule has 4 heterocycles. The zero-order chi connectivity index (χ0) is 22.2. The van der Waals surface area contributed by atoms with Crippen molar-refractivity contribution in [2.24, 2.45) is 7.05 Å². The summed E-state index contributed by atoms with van der Waals surface area (Å²) in [7, 11) is 4.08. The Hall–Kier alpha value is -3.59. The molecule has 3 N–H and O–H groups in total. The second-order valence-electron chi connectivity index (χ2n) is 8.34. The Kier molecular flexibility index (Phi) is 5.18. The van der Waals surface area contributed by atoms with Crippen LogP contribution in [0.3, 0.4) is 0 Å². The van der Waals surface area contributed by atoms with Gasteiger partial charge in [-0.25, -0.2) is 9.97 Å². The molecule has 0 bridgehead atoms. The van der Waals surface area contributed by atoms with Gasteiger partial charge in [-0.1, -0.05) is 0 Å². The van der Waals surface area contributed by atoms with Crippen LogP contribution in [0.2, 0.25) is 0 Å². The Morgan fingerprint density at radius 3 is 2.69 bits per heavy atom. The number of rotatable bonds is 4. The van der Waals surface area contributed by atoms with Crippen LogP contribution in [0.15, 0.2) is 36.5 Å². The summed E-state index contributed by atoms with van der Waals surface area (Å²) in [6.07, 6.45) is 2.47. The maximum absolute atomic E-state index is 12.2. The molecular formula is C23H27N7O2. The molecule has 9 nitrogen and oxygen atoms in total. The van der Waals surface area contributed by atoms with Gasteiger partial charge in [-0.2, -0.15) is 0 Å². The van der Waals surface area contributed by atoms with E-state index in [0.29, 0.717) is 29.4 Å². The molecule has 2 aliphatic heterocycles. The monoisotopic (exact) mass is 433 g/mol. The summed E-state index contributed by atoms with van der Waals surface area (Å²) in [6, 6.07) is 9.26. The number of phenols is 1. The summed E-state index contributed by atoms with van der Waals surface area (Å²) >= 11 is 0. The predicted molar refractivity (Wildman–Crippen MR) is 124 cm³/mol. The number of hydrogen-bond donors (Lipinski definition) is 3. The summed E-state index contributed by atoms with van der Waals surface area (Å²) in [4.78, 5) is 25.8. The van der Waals surface area contributed by atoms with Crippen molar-refractivity contribution in [3.8, 4) is 17.1 Å². The number of amides is 1. The number of nitrogens with one attached hydrogen (secondary N) is 2. The molecule has 1 fully saturated rings. The minimum atomic E-state index is -0.0499. The average molecular weight is 434 g/mol. The number of benzene rings is 1. The van der Waals surface area contributed by atoms with Gasteiger partial charge in [-0.15, -0.1) is 0 Å². The lowest BCUT2D eigenvalue weighted by Crippen LogP contribution is -2.44. The molecule has 166 valence electrons. The van der Waals surface area contributed by atoms with Crippen molar-refractivity contribution < 1.29 is 9.90 Å². The zero-order valence-electron chi connectivity index (χ0n) is 18.3. The smallest absolute Gasteiger partial charge is 0.253 e. The minimum absolute atomic E-state index is 0.0499. The Balaban J connectivity index is 1.42. The Labute approximate surface area is 186 Å². The molecule has 3 aromatic rings. The van der Waals surface area contributed by atoms with Crippen molar-refractivity contribution in [1.29, 1.82) is 0 Å². The van der Waals surface area contributed by atoms with Gasteiger partial charge in [0.2, 0.25) is 5.95 Å². The molecule has 32 heavy (non-hydrogen) atoms. The maximum atomic E-state index is 12.2. The highest BCUT2D eigenvalue weighted by molar-refractivity contribution is 5.97. The molecule has 0 saturated carbocycles. The van der Waals surface area contributed by atoms with Crippen LogP contribution in [0, 0.1) is 0 Å². The quantitative estimate of drug-likeness (QED) is 0.541. The van der Waals surface area contributed by atoms with Gasteiger partial charge in [0, 0.05) is 63.8 Å². The van der Waals surface area contributed by atoms with E-state index in [1.54, 1.807) is 12.3 Å². The lowest BCUT2D eigenvalue weighted by molar-refractivity contribution is 0.0945. The molecular weight excluding hydrogens is 406 g/mol. The van der Waals surface area contributed by atoms with E-state index in [1.807, 2.05) is 35.9 Å². The molecule has 0 atom stereocenters. The van der Waals surface area contributed by atoms with E-state index in [1.165, 1.54) is 0 Å². The highest BCUT2D eigenvalue weighted by atomic mass is 16.3. The van der Waals surface area contributed by atoms with Crippen LogP contribution >= 0.6 is 0 Å². The first-order valence-corrected chi connectivity index (χ1v) is 10.8. The number of anilines is 3. The third-order valence-corrected chi connectivity index (χ3v) is 6.26. The highest BCUT2D eigenvalue weighted by Crippen LogP contribution is 2.32. The maximum Gasteiger partial charge on any atom is 0.253 e. The number of carbonyl (C=O) groups excluding carboxylic acids is 1. The first-order chi connectivity index (χ1) is 15.5. The van der Waals surface area contributed by atoms with E-state index in [-0.39, 0.29) is 11.7 Å². The molecule has 1 saturated heterocycles. The summed E-state index contributed by atoms with van der Waals surface area (Å²) in [5.74, 6) is 0.478. The third kappa shape index (κ3) is 3.75. The Bertz CT molecular complexity index is 1170. The molecule has 0 radical (unpaired) electrons. The van der Waals surface area contributed by atoms with Gasteiger partial charge < -0.3 is 30.1 Å². The molecule has 0 aliphatic carbocycles. The molecule has 2 aliphatic rings. The summed E-state index contributed by atoms with van der Waals surface area (Å²) in [6.45, 7) is 4.54. The van der Waals surface area contributed by atoms with Crippen LogP contribution in [0.1, 0.15) is 16.1 Å². The van der Waals surface area contributed by atoms with Gasteiger partial charge in [0.15, 0.2) is 0 Å². The second-order valence-corrected chi connectivity index (χ2v) is 8.34. The summed E-state index contributed by atoms with van der Waals surface area (Å²) in [5.41, 5.74) is 4.88. The normalized spacial score (nSPS) is 16.6. The average Bonchev–Trinajstić information content (AvgIpc) is 3.14. The second kappa shape index (κ2) is 8.16. The standard InChI is InChI=1S/C23H27N7O2/c1-28-9-11-30(12-10-28)15-3-4-21(31)18(13-15)27-23-25-7-5-17(26-23)20-14-16-19(29(20)2)6-8-24-22(16)32/h3-5,7,13-14,31H,6,8-12H2,1-2H3,(H,24,32)(H,25,26,27). The summed E-state index contributed by atoms with van der Waals surface area (Å²) < 4.78 is 2.02. The Morgan fingerprint density at radius 2 is 1.91 bits per heavy atom. The topological polar surface area (TPSA) is 98.5 Å². The fourth-order valence-electron chi connectivity index (χ4n) is 4.34. The fraction of sp³-hybridized carbons (Fsp3) is 0.348. The largest absolute Gasteiger partial charge is 0.506 e. The minimum Gasteiger partial charge on any atom is -0.506 e. The van der Waals surface area contributed by atoms with Crippen LogP contribution in [0.4, 0.5) is 17.3 Å². The number of fused-ring (bicyclic) bond motifs is 1. The van der Waals surface area contributed by atoms with Crippen LogP contribution in [-0.4, -0.2) is 70.2 Å². The number of likely N-dealkylation sites (N-methyl/N-ethyl adjacent to an activating group) is 1. The highest BCUT2D eigenvalue weighted by Gasteiger charge is 2.23. The van der Waals surface area contributed by atoms with Gasteiger partial charge in [0.1, 0.15) is 5.75 Å². The van der Waals surface area contributed by atoms with Crippen molar-refractivity contribution >= 4 is 23.2 Å². The van der Waals surface area contributed by atoms with E-state index in [4.69, 9.17) is 0 Å². The van der Waals surface area contributed by atoms with E-state index >= 15 is 0 Å². The number of phenolic OH excluding ortho intramolecular Hbond substituents is 1. The predicted octanol–water partition coefficient (Wildman–Crippen LogP) is 1.97. The number of piperazine rings is 1. The van der Waals surface area contributed by atoms with Crippen LogP contribution in [0.25, 0.3) is 11.4 Å². The lowest BCUT2D eigenvalue weighted by atomic mass is 10.1. The van der Waals surface area contributed by atoms with Gasteiger partial charge in [0.25, 0.3) is 5.91 Å². The van der Waals surface area contributed by atoms with E-state index in [0.717, 1.165) is 49.7 Å². The van der Waals surface area contributed by atoms with Gasteiger partial charge in [-0.05, 0) is 37.4 Å². The number of hydrogen-bond acceptors (Lipinski definition) is 7. The fourth-order valence-corrected chi connectivity index (χ4v) is 4.34. The molecule has 0 unspecified atom stereocenters. The number of nitrogens with zero attached hydrogens (tertiary/aromatic N) is 5. The lowest BCUT2D eigenvalue weighted by Gasteiger charge is -2.34. The third-order valence-electron chi connectivity index (χ3n) is 6.26. The molecule has 9 heteroatoms. The van der Waals surface area contributed by atoms with E-state index < -0.39 is 0 Å². The molecule has 5 rings (SSSR count). The van der Waals surface area contributed by atoms with Gasteiger partial charge >= 0.3 is 0 Å². The number of aromatic hydroxyl groups is 1. The van der Waals surface area contributed by atoms with E-state index in [2.05, 4.69) is 37.4 Å². The molecule has 2 aromatic heterocycles. The van der Waals surface area contributed by atoms with Gasteiger partial charge in [0.05, 0.1) is 22.6 Å². The molecule has 0 spiro atoms. The van der Waals surface area contributed by atoms with Crippen molar-refractivity contribution in [3.05, 3.63) is 47.8 Å². The van der Waals surface area contributed by atoms with Crippen LogP contribution in [0.5, 0.6) is 5.75 Å². The number of aromatic nitrogens is 3. The van der Waals surface area contributed by atoms with Crippen LogP contribution in [-0.2, 0) is 13.5 Å². The first kappa shape index (κ1) is 20.3. The van der Waals surface area contributed by atoms with Crippen molar-refractivity contribution in [3.63, 3.8) is 0 Å². The summed E-state index contributed by atoms with van der Waals surface area (Å²) in [5, 5.41) is 16.5. The number of carbonyl (C=O) groups is 1. The van der Waals surface area contributed by atoms with Crippen molar-refractivity contribution in [1.82, 2.24) is 24.8 Å². The zero-order valence-corrected chi connectivity index (χ0v) is 18.3. The van der Waals surface area contributed by atoms with Gasteiger partial charge in [-0.3, -0.25) is 4.79 Å². The SMILES string of the molecule is CN1CCN(c2ccc(O)c(Nc3nccc(-c4cc5c(n4C)CCNC5=O)n3)c2)CC1. The molecule has 1 amide bonds.